The van der Waals surface area contributed by atoms with Crippen LogP contribution in [0.1, 0.15) is 38.1 Å². The molecule has 2 rings (SSSR count). The van der Waals surface area contributed by atoms with E-state index in [2.05, 4.69) is 0 Å². The molecule has 1 aromatic carbocycles. The van der Waals surface area contributed by atoms with Crippen molar-refractivity contribution in [2.45, 2.75) is 33.3 Å². The lowest BCUT2D eigenvalue weighted by molar-refractivity contribution is 0.0240. The summed E-state index contributed by atoms with van der Waals surface area (Å²) in [6, 6.07) is 1.96. The van der Waals surface area contributed by atoms with Crippen LogP contribution in [-0.2, 0) is 4.74 Å². The number of nitrogens with zero attached hydrogens (tertiary/aromatic N) is 2. The van der Waals surface area contributed by atoms with Gasteiger partial charge in [-0.2, -0.15) is 0 Å². The van der Waals surface area contributed by atoms with Crippen molar-refractivity contribution in [3.05, 3.63) is 29.3 Å². The maximum Gasteiger partial charge on any atom is 0.410 e. The van der Waals surface area contributed by atoms with Gasteiger partial charge in [0.25, 0.3) is 0 Å². The lowest BCUT2D eigenvalue weighted by Crippen LogP contribution is -2.50. The van der Waals surface area contributed by atoms with Gasteiger partial charge in [0.05, 0.1) is 11.3 Å². The largest absolute Gasteiger partial charge is 0.444 e. The number of Topliss-reactive ketones (excluding diaryl/α,β-unsaturated/α-hetero) is 1. The van der Waals surface area contributed by atoms with Crippen LogP contribution in [0.15, 0.2) is 12.1 Å². The minimum Gasteiger partial charge on any atom is -0.444 e. The maximum absolute atomic E-state index is 14.2. The van der Waals surface area contributed by atoms with Crippen LogP contribution in [0.25, 0.3) is 0 Å². The van der Waals surface area contributed by atoms with E-state index in [1.807, 2.05) is 0 Å². The van der Waals surface area contributed by atoms with Crippen molar-refractivity contribution in [3.63, 3.8) is 0 Å². The zero-order valence-corrected chi connectivity index (χ0v) is 14.4. The molecule has 24 heavy (non-hydrogen) atoms. The molecule has 5 nitrogen and oxygen atoms in total. The first-order valence-electron chi connectivity index (χ1n) is 7.81. The monoisotopic (exact) mass is 340 g/mol. The summed E-state index contributed by atoms with van der Waals surface area (Å²) in [5, 5.41) is 0. The molecule has 1 aromatic rings. The molecule has 0 bridgehead atoms. The lowest BCUT2D eigenvalue weighted by atomic mass is 10.1. The van der Waals surface area contributed by atoms with Crippen LogP contribution >= 0.6 is 0 Å². The molecule has 0 radical (unpaired) electrons. The third-order valence-electron chi connectivity index (χ3n) is 3.69. The zero-order chi connectivity index (χ0) is 18.1. The number of benzene rings is 1. The normalized spacial score (nSPS) is 15.4. The van der Waals surface area contributed by atoms with Crippen LogP contribution in [0.5, 0.6) is 0 Å². The summed E-state index contributed by atoms with van der Waals surface area (Å²) in [5.74, 6) is -1.91. The zero-order valence-electron chi connectivity index (χ0n) is 14.4. The number of piperazine rings is 1. The summed E-state index contributed by atoms with van der Waals surface area (Å²) in [6.45, 7) is 7.97. The number of carbonyl (C=O) groups excluding carboxylic acids is 2. The average Bonchev–Trinajstić information content (AvgIpc) is 2.47. The van der Waals surface area contributed by atoms with Crippen LogP contribution in [0.2, 0.25) is 0 Å². The van der Waals surface area contributed by atoms with Crippen molar-refractivity contribution in [2.75, 3.05) is 31.1 Å². The van der Waals surface area contributed by atoms with Gasteiger partial charge in [-0.05, 0) is 33.8 Å². The number of ether oxygens (including phenoxy) is 1. The maximum atomic E-state index is 14.2. The highest BCUT2D eigenvalue weighted by Crippen LogP contribution is 2.25. The Labute approximate surface area is 140 Å². The molecule has 7 heteroatoms. The van der Waals surface area contributed by atoms with Gasteiger partial charge in [-0.3, -0.25) is 4.79 Å². The van der Waals surface area contributed by atoms with Crippen molar-refractivity contribution in [3.8, 4) is 0 Å². The molecule has 0 unspecified atom stereocenters. The third-order valence-corrected chi connectivity index (χ3v) is 3.69. The molecule has 1 amide bonds. The summed E-state index contributed by atoms with van der Waals surface area (Å²) in [7, 11) is 0. The van der Waals surface area contributed by atoms with Gasteiger partial charge in [0.2, 0.25) is 0 Å². The summed E-state index contributed by atoms with van der Waals surface area (Å²) >= 11 is 0. The van der Waals surface area contributed by atoms with Crippen molar-refractivity contribution in [1.82, 2.24) is 4.90 Å². The highest BCUT2D eigenvalue weighted by Gasteiger charge is 2.27. The van der Waals surface area contributed by atoms with Crippen molar-refractivity contribution < 1.29 is 23.1 Å². The molecular weight excluding hydrogens is 318 g/mol. The first kappa shape index (κ1) is 18.2. The van der Waals surface area contributed by atoms with E-state index >= 15 is 0 Å². The fraction of sp³-hybridized carbons (Fsp3) is 0.529. The first-order chi connectivity index (χ1) is 11.1. The second kappa shape index (κ2) is 6.75. The Morgan fingerprint density at radius 1 is 1.04 bits per heavy atom. The van der Waals surface area contributed by atoms with E-state index < -0.39 is 29.1 Å². The molecule has 0 aliphatic carbocycles. The van der Waals surface area contributed by atoms with Crippen LogP contribution in [0.4, 0.5) is 19.3 Å². The Bertz CT molecular complexity index is 648. The molecule has 1 fully saturated rings. The minimum absolute atomic E-state index is 0.0985. The molecule has 0 saturated carbocycles. The van der Waals surface area contributed by atoms with E-state index in [1.54, 1.807) is 30.6 Å². The molecule has 1 aliphatic heterocycles. The molecule has 0 N–H and O–H groups in total. The number of amides is 1. The Balaban J connectivity index is 2.06. The van der Waals surface area contributed by atoms with Crippen LogP contribution in [0, 0.1) is 11.6 Å². The molecule has 132 valence electrons. The Morgan fingerprint density at radius 2 is 1.62 bits per heavy atom. The second-order valence-electron chi connectivity index (χ2n) is 6.79. The summed E-state index contributed by atoms with van der Waals surface area (Å²) in [4.78, 5) is 26.5. The summed E-state index contributed by atoms with van der Waals surface area (Å²) in [6.07, 6.45) is -0.416. The lowest BCUT2D eigenvalue weighted by Gasteiger charge is -2.36. The van der Waals surface area contributed by atoms with Gasteiger partial charge in [0, 0.05) is 32.2 Å². The quantitative estimate of drug-likeness (QED) is 0.776. The number of ketones is 1. The predicted molar refractivity (Wildman–Crippen MR) is 86.4 cm³/mol. The van der Waals surface area contributed by atoms with Gasteiger partial charge < -0.3 is 14.5 Å². The topological polar surface area (TPSA) is 49.9 Å². The number of hydrogen-bond acceptors (Lipinski definition) is 4. The van der Waals surface area contributed by atoms with Gasteiger partial charge in [-0.15, -0.1) is 0 Å². The predicted octanol–water partition coefficient (Wildman–Crippen LogP) is 3.22. The highest BCUT2D eigenvalue weighted by molar-refractivity contribution is 5.94. The van der Waals surface area contributed by atoms with E-state index in [9.17, 15) is 18.4 Å². The minimum atomic E-state index is -0.742. The summed E-state index contributed by atoms with van der Waals surface area (Å²) in [5.41, 5.74) is -0.739. The third kappa shape index (κ3) is 4.21. The highest BCUT2D eigenvalue weighted by atomic mass is 19.1. The smallest absolute Gasteiger partial charge is 0.410 e. The fourth-order valence-corrected chi connectivity index (χ4v) is 2.50. The van der Waals surface area contributed by atoms with Gasteiger partial charge in [0.15, 0.2) is 5.78 Å². The standard InChI is InChI=1S/C17H22F2N2O3/c1-11(22)12-9-14(19)15(10-13(12)18)20-5-7-21(8-6-20)16(23)24-17(2,3)4/h9-10H,5-8H2,1-4H3. The number of rotatable bonds is 2. The number of halogens is 2. The van der Waals surface area contributed by atoms with Crippen LogP contribution in [0.3, 0.4) is 0 Å². The molecule has 1 heterocycles. The SMILES string of the molecule is CC(=O)c1cc(F)c(N2CCN(C(=O)OC(C)(C)C)CC2)cc1F. The fourth-order valence-electron chi connectivity index (χ4n) is 2.50. The molecule has 1 aliphatic rings. The molecule has 0 atom stereocenters. The van der Waals surface area contributed by atoms with E-state index in [0.717, 1.165) is 12.1 Å². The second-order valence-corrected chi connectivity index (χ2v) is 6.79. The van der Waals surface area contributed by atoms with E-state index in [4.69, 9.17) is 4.74 Å². The van der Waals surface area contributed by atoms with Crippen molar-refractivity contribution in [2.24, 2.45) is 0 Å². The first-order valence-corrected chi connectivity index (χ1v) is 7.81. The van der Waals surface area contributed by atoms with Crippen LogP contribution < -0.4 is 4.90 Å². The van der Waals surface area contributed by atoms with Gasteiger partial charge in [-0.1, -0.05) is 0 Å². The Kier molecular flexibility index (Phi) is 5.11. The van der Waals surface area contributed by atoms with Gasteiger partial charge in [0.1, 0.15) is 17.2 Å². The molecular formula is C17H22F2N2O3. The number of anilines is 1. The van der Waals surface area contributed by atoms with Crippen molar-refractivity contribution in [1.29, 1.82) is 0 Å². The van der Waals surface area contributed by atoms with Gasteiger partial charge >= 0.3 is 6.09 Å². The van der Waals surface area contributed by atoms with Crippen LogP contribution in [-0.4, -0.2) is 48.6 Å². The molecule has 0 spiro atoms. The summed E-state index contributed by atoms with van der Waals surface area (Å²) < 4.78 is 33.4. The average molecular weight is 340 g/mol. The van der Waals surface area contributed by atoms with E-state index in [0.29, 0.717) is 26.2 Å². The van der Waals surface area contributed by atoms with Gasteiger partial charge in [-0.25, -0.2) is 13.6 Å². The molecule has 0 aromatic heterocycles. The van der Waals surface area contributed by atoms with E-state index in [-0.39, 0.29) is 11.3 Å². The Hall–Kier alpha value is -2.18. The van der Waals surface area contributed by atoms with Crippen molar-refractivity contribution >= 4 is 17.6 Å². The number of carbonyl (C=O) groups is 2. The van der Waals surface area contributed by atoms with E-state index in [1.165, 1.54) is 6.92 Å². The molecule has 1 saturated heterocycles. The number of hydrogen-bond donors (Lipinski definition) is 0. The Morgan fingerprint density at radius 3 is 2.12 bits per heavy atom.